The Labute approximate surface area is 158 Å². The zero-order valence-electron chi connectivity index (χ0n) is 15.6. The predicted molar refractivity (Wildman–Crippen MR) is 104 cm³/mol. The number of aryl methyl sites for hydroxylation is 2. The molecular formula is C23H20N4+2. The average Bonchev–Trinajstić information content (AvgIpc) is 2.69. The largest absolute Gasteiger partial charge is 0.291 e. The fraction of sp³-hybridized carbons (Fsp3) is 0.130. The third-order valence-electron chi connectivity index (χ3n) is 4.98. The van der Waals surface area contributed by atoms with Gasteiger partial charge in [-0.15, -0.1) is 0 Å². The summed E-state index contributed by atoms with van der Waals surface area (Å²) >= 11 is 0. The Morgan fingerprint density at radius 3 is 2.44 bits per heavy atom. The Kier molecular flexibility index (Phi) is 4.13. The molecule has 0 fully saturated rings. The topological polar surface area (TPSA) is 44.4 Å². The van der Waals surface area contributed by atoms with Crippen LogP contribution in [0.4, 0.5) is 0 Å². The van der Waals surface area contributed by atoms with Crippen molar-refractivity contribution < 1.29 is 9.13 Å². The molecule has 4 nitrogen and oxygen atoms in total. The van der Waals surface area contributed by atoms with Crippen molar-refractivity contribution in [1.82, 2.24) is 4.98 Å². The van der Waals surface area contributed by atoms with Crippen LogP contribution < -0.4 is 9.13 Å². The van der Waals surface area contributed by atoms with E-state index in [0.717, 1.165) is 39.2 Å². The number of benzene rings is 2. The summed E-state index contributed by atoms with van der Waals surface area (Å²) in [6, 6.07) is 20.7. The maximum Gasteiger partial charge on any atom is 0.291 e. The van der Waals surface area contributed by atoms with Crippen molar-refractivity contribution in [2.24, 2.45) is 0 Å². The highest BCUT2D eigenvalue weighted by atomic mass is 15.0. The van der Waals surface area contributed by atoms with E-state index in [1.807, 2.05) is 41.8 Å². The third kappa shape index (κ3) is 2.84. The van der Waals surface area contributed by atoms with Crippen molar-refractivity contribution in [3.05, 3.63) is 89.6 Å². The summed E-state index contributed by atoms with van der Waals surface area (Å²) < 4.78 is 4.25. The highest BCUT2D eigenvalue weighted by Crippen LogP contribution is 2.21. The lowest BCUT2D eigenvalue weighted by Crippen LogP contribution is -2.40. The number of rotatable bonds is 2. The maximum absolute atomic E-state index is 9.64. The average molecular weight is 352 g/mol. The van der Waals surface area contributed by atoms with Gasteiger partial charge in [-0.2, -0.15) is 14.4 Å². The smallest absolute Gasteiger partial charge is 0.200 e. The molecule has 0 spiro atoms. The molecule has 0 radical (unpaired) electrons. The molecule has 4 heteroatoms. The van der Waals surface area contributed by atoms with Gasteiger partial charge in [0, 0.05) is 42.6 Å². The summed E-state index contributed by atoms with van der Waals surface area (Å²) in [5, 5.41) is 10.8. The van der Waals surface area contributed by atoms with Gasteiger partial charge in [-0.1, -0.05) is 17.1 Å². The second kappa shape index (κ2) is 6.62. The predicted octanol–water partition coefficient (Wildman–Crippen LogP) is 3.59. The number of para-hydroxylation sites is 1. The Hall–Kier alpha value is -3.58. The molecule has 0 N–H and O–H groups in total. The van der Waals surface area contributed by atoms with Crippen LogP contribution in [0.25, 0.3) is 22.3 Å². The second-order valence-electron chi connectivity index (χ2n) is 6.71. The minimum absolute atomic E-state index is 0.626. The van der Waals surface area contributed by atoms with Crippen LogP contribution in [0.3, 0.4) is 0 Å². The van der Waals surface area contributed by atoms with Crippen LogP contribution in [0.5, 0.6) is 0 Å². The second-order valence-corrected chi connectivity index (χ2v) is 6.71. The summed E-state index contributed by atoms with van der Waals surface area (Å²) in [6.45, 7) is 6.22. The Balaban J connectivity index is 2.10. The molecule has 0 unspecified atom stereocenters. The Morgan fingerprint density at radius 2 is 1.67 bits per heavy atom. The minimum atomic E-state index is 0.626. The van der Waals surface area contributed by atoms with Gasteiger partial charge in [-0.05, 0) is 26.0 Å². The van der Waals surface area contributed by atoms with Crippen LogP contribution in [0.1, 0.15) is 22.5 Å². The summed E-state index contributed by atoms with van der Waals surface area (Å²) in [7, 11) is 0. The number of nitriles is 1. The van der Waals surface area contributed by atoms with E-state index < -0.39 is 0 Å². The van der Waals surface area contributed by atoms with Crippen molar-refractivity contribution in [3.8, 4) is 17.4 Å². The number of nitrogens with zero attached hydrogens (tertiary/aromatic N) is 4. The standard InChI is InChI=1S/C23H20N4/c1-16-10-11-25-15-26(16)22-12-19(14-24)13-23(18(22)3)27-17(2)8-9-20-6-4-5-7-21(20)27/h4-13,15H,1-3H3/q+2. The van der Waals surface area contributed by atoms with E-state index in [-0.39, 0.29) is 0 Å². The monoisotopic (exact) mass is 352 g/mol. The summed E-state index contributed by atoms with van der Waals surface area (Å²) in [6.07, 6.45) is 3.57. The zero-order valence-corrected chi connectivity index (χ0v) is 15.6. The van der Waals surface area contributed by atoms with E-state index in [9.17, 15) is 5.26 Å². The van der Waals surface area contributed by atoms with Gasteiger partial charge in [0.1, 0.15) is 17.6 Å². The van der Waals surface area contributed by atoms with Crippen LogP contribution >= 0.6 is 0 Å². The molecule has 0 atom stereocenters. The molecule has 0 bridgehead atoms. The number of fused-ring (bicyclic) bond motifs is 1. The van der Waals surface area contributed by atoms with E-state index in [1.54, 1.807) is 12.5 Å². The fourth-order valence-electron chi connectivity index (χ4n) is 3.54. The van der Waals surface area contributed by atoms with E-state index >= 15 is 0 Å². The molecule has 2 heterocycles. The SMILES string of the molecule is Cc1c(-[n+]2cnccc2C)cc(C#N)cc1-[n+]1c(C)ccc2ccccc21. The molecule has 27 heavy (non-hydrogen) atoms. The number of hydrogen-bond donors (Lipinski definition) is 0. The van der Waals surface area contributed by atoms with Gasteiger partial charge in [0.15, 0.2) is 5.69 Å². The van der Waals surface area contributed by atoms with E-state index in [2.05, 4.69) is 53.7 Å². The van der Waals surface area contributed by atoms with Crippen LogP contribution in [-0.4, -0.2) is 4.98 Å². The highest BCUT2D eigenvalue weighted by Gasteiger charge is 2.24. The van der Waals surface area contributed by atoms with Gasteiger partial charge < -0.3 is 0 Å². The molecule has 0 saturated carbocycles. The first-order chi connectivity index (χ1) is 13.1. The van der Waals surface area contributed by atoms with Crippen LogP contribution in [0.15, 0.2) is 67.1 Å². The fourth-order valence-corrected chi connectivity index (χ4v) is 3.54. The van der Waals surface area contributed by atoms with Gasteiger partial charge >= 0.3 is 0 Å². The van der Waals surface area contributed by atoms with Crippen molar-refractivity contribution in [2.75, 3.05) is 0 Å². The molecule has 130 valence electrons. The van der Waals surface area contributed by atoms with Gasteiger partial charge in [-0.3, -0.25) is 0 Å². The lowest BCUT2D eigenvalue weighted by molar-refractivity contribution is -0.608. The van der Waals surface area contributed by atoms with Gasteiger partial charge in [-0.25, -0.2) is 0 Å². The number of pyridine rings is 1. The molecule has 0 aliphatic carbocycles. The normalized spacial score (nSPS) is 10.7. The molecule has 4 aromatic rings. The molecule has 0 aliphatic heterocycles. The molecule has 0 amide bonds. The Bertz CT molecular complexity index is 1220. The molecule has 2 aromatic heterocycles. The van der Waals surface area contributed by atoms with Crippen molar-refractivity contribution in [1.29, 1.82) is 5.26 Å². The molecule has 2 aromatic carbocycles. The van der Waals surface area contributed by atoms with Gasteiger partial charge in [0.05, 0.1) is 17.2 Å². The Morgan fingerprint density at radius 1 is 0.889 bits per heavy atom. The number of hydrogen-bond acceptors (Lipinski definition) is 2. The van der Waals surface area contributed by atoms with Crippen molar-refractivity contribution in [3.63, 3.8) is 0 Å². The molecule has 0 aliphatic rings. The van der Waals surface area contributed by atoms with Crippen molar-refractivity contribution >= 4 is 10.9 Å². The third-order valence-corrected chi connectivity index (χ3v) is 4.98. The first-order valence-electron chi connectivity index (χ1n) is 8.88. The minimum Gasteiger partial charge on any atom is -0.200 e. The summed E-state index contributed by atoms with van der Waals surface area (Å²) in [5.74, 6) is 0. The lowest BCUT2D eigenvalue weighted by atomic mass is 10.1. The van der Waals surface area contributed by atoms with Crippen LogP contribution in [-0.2, 0) is 0 Å². The molecule has 4 rings (SSSR count). The van der Waals surface area contributed by atoms with E-state index in [1.165, 1.54) is 0 Å². The maximum atomic E-state index is 9.64. The molecule has 0 saturated heterocycles. The summed E-state index contributed by atoms with van der Waals surface area (Å²) in [5.41, 5.74) is 7.00. The first-order valence-corrected chi connectivity index (χ1v) is 8.88. The first kappa shape index (κ1) is 16.9. The van der Waals surface area contributed by atoms with E-state index in [4.69, 9.17) is 0 Å². The van der Waals surface area contributed by atoms with Crippen LogP contribution in [0.2, 0.25) is 0 Å². The lowest BCUT2D eigenvalue weighted by Gasteiger charge is -2.11. The van der Waals surface area contributed by atoms with Crippen LogP contribution in [0, 0.1) is 32.1 Å². The summed E-state index contributed by atoms with van der Waals surface area (Å²) in [4.78, 5) is 4.26. The van der Waals surface area contributed by atoms with Gasteiger partial charge in [0.2, 0.25) is 11.2 Å². The quantitative estimate of drug-likeness (QED) is 0.518. The molecular weight excluding hydrogens is 332 g/mol. The highest BCUT2D eigenvalue weighted by molar-refractivity contribution is 5.76. The van der Waals surface area contributed by atoms with E-state index in [0.29, 0.717) is 5.56 Å². The zero-order chi connectivity index (χ0) is 19.0. The van der Waals surface area contributed by atoms with Gasteiger partial charge in [0.25, 0.3) is 6.33 Å². The number of aromatic nitrogens is 3. The van der Waals surface area contributed by atoms with Crippen molar-refractivity contribution in [2.45, 2.75) is 20.8 Å².